The normalized spacial score (nSPS) is 13.3. The molecule has 0 aliphatic carbocycles. The van der Waals surface area contributed by atoms with Crippen LogP contribution >= 0.6 is 0 Å². The Morgan fingerprint density at radius 3 is 2.81 bits per heavy atom. The Balaban J connectivity index is 1.50. The highest BCUT2D eigenvalue weighted by molar-refractivity contribution is 5.79. The summed E-state index contributed by atoms with van der Waals surface area (Å²) in [6.45, 7) is 3.26. The fraction of sp³-hybridized carbons (Fsp3) is 0.273. The first-order chi connectivity index (χ1) is 13.1. The number of fused-ring (bicyclic) bond motifs is 1. The minimum atomic E-state index is 0.0816. The molecule has 1 amide bonds. The number of rotatable bonds is 4. The molecule has 5 heteroatoms. The number of benzene rings is 2. The summed E-state index contributed by atoms with van der Waals surface area (Å²) < 4.78 is 11.1. The second-order valence-corrected chi connectivity index (χ2v) is 6.76. The lowest BCUT2D eigenvalue weighted by molar-refractivity contribution is -0.131. The van der Waals surface area contributed by atoms with Crippen LogP contribution in [0.3, 0.4) is 0 Å². The van der Waals surface area contributed by atoms with Gasteiger partial charge in [-0.05, 0) is 42.7 Å². The lowest BCUT2D eigenvalue weighted by atomic mass is 9.99. The number of nitrogens with zero attached hydrogens (tertiary/aromatic N) is 2. The van der Waals surface area contributed by atoms with Crippen LogP contribution in [0.25, 0.3) is 11.5 Å². The summed E-state index contributed by atoms with van der Waals surface area (Å²) in [6.07, 6.45) is 1.15. The summed E-state index contributed by atoms with van der Waals surface area (Å²) >= 11 is 0. The summed E-state index contributed by atoms with van der Waals surface area (Å²) in [7, 11) is 1.63. The van der Waals surface area contributed by atoms with Crippen LogP contribution in [0.5, 0.6) is 5.75 Å². The maximum Gasteiger partial charge on any atom is 0.229 e. The number of ether oxygens (including phenoxy) is 1. The van der Waals surface area contributed by atoms with Gasteiger partial charge in [0.2, 0.25) is 11.8 Å². The molecule has 0 fully saturated rings. The zero-order valence-electron chi connectivity index (χ0n) is 15.6. The van der Waals surface area contributed by atoms with E-state index in [1.165, 1.54) is 11.1 Å². The molecule has 0 saturated heterocycles. The molecule has 0 N–H and O–H groups in total. The van der Waals surface area contributed by atoms with E-state index in [0.29, 0.717) is 23.9 Å². The minimum Gasteiger partial charge on any atom is -0.497 e. The van der Waals surface area contributed by atoms with Crippen molar-refractivity contribution in [3.8, 4) is 17.2 Å². The minimum absolute atomic E-state index is 0.0816. The molecular formula is C22H22N2O3. The number of carbonyl (C=O) groups is 1. The van der Waals surface area contributed by atoms with Crippen LogP contribution in [-0.2, 0) is 24.2 Å². The average Bonchev–Trinajstić information content (AvgIpc) is 3.08. The molecule has 1 aliphatic heterocycles. The van der Waals surface area contributed by atoms with Crippen molar-refractivity contribution in [3.63, 3.8) is 0 Å². The second kappa shape index (κ2) is 7.27. The van der Waals surface area contributed by atoms with Crippen molar-refractivity contribution in [3.05, 3.63) is 71.1 Å². The largest absolute Gasteiger partial charge is 0.497 e. The Hall–Kier alpha value is -3.08. The highest BCUT2D eigenvalue weighted by Gasteiger charge is 2.23. The molecular weight excluding hydrogens is 340 g/mol. The van der Waals surface area contributed by atoms with Crippen molar-refractivity contribution < 1.29 is 13.9 Å². The standard InChI is InChI=1S/C22H22N2O3/c1-15-20(23-22(27-15)17-8-5-9-19(12-17)26-2)13-21(25)24-11-10-16-6-3-4-7-18(16)14-24/h3-9,12H,10-11,13-14H2,1-2H3. The molecule has 0 atom stereocenters. The van der Waals surface area contributed by atoms with E-state index >= 15 is 0 Å². The summed E-state index contributed by atoms with van der Waals surface area (Å²) in [5.74, 6) is 2.02. The summed E-state index contributed by atoms with van der Waals surface area (Å²) in [4.78, 5) is 19.3. The maximum absolute atomic E-state index is 12.8. The van der Waals surface area contributed by atoms with Gasteiger partial charge in [-0.3, -0.25) is 4.79 Å². The van der Waals surface area contributed by atoms with Gasteiger partial charge in [0.15, 0.2) is 0 Å². The summed E-state index contributed by atoms with van der Waals surface area (Å²) in [5.41, 5.74) is 4.09. The van der Waals surface area contributed by atoms with Crippen LogP contribution in [-0.4, -0.2) is 29.4 Å². The van der Waals surface area contributed by atoms with Gasteiger partial charge < -0.3 is 14.1 Å². The van der Waals surface area contributed by atoms with E-state index in [4.69, 9.17) is 9.15 Å². The molecule has 4 rings (SSSR count). The van der Waals surface area contributed by atoms with Gasteiger partial charge in [-0.2, -0.15) is 0 Å². The quantitative estimate of drug-likeness (QED) is 0.709. The molecule has 0 unspecified atom stereocenters. The first kappa shape index (κ1) is 17.3. The van der Waals surface area contributed by atoms with Crippen LogP contribution < -0.4 is 4.74 Å². The molecule has 5 nitrogen and oxygen atoms in total. The smallest absolute Gasteiger partial charge is 0.229 e. The van der Waals surface area contributed by atoms with Crippen LogP contribution in [0.2, 0.25) is 0 Å². The van der Waals surface area contributed by atoms with E-state index < -0.39 is 0 Å². The maximum atomic E-state index is 12.8. The number of methoxy groups -OCH3 is 1. The van der Waals surface area contributed by atoms with Crippen molar-refractivity contribution in [2.75, 3.05) is 13.7 Å². The van der Waals surface area contributed by atoms with Gasteiger partial charge in [-0.25, -0.2) is 4.98 Å². The molecule has 3 aromatic rings. The molecule has 0 saturated carbocycles. The van der Waals surface area contributed by atoms with Crippen molar-refractivity contribution in [1.29, 1.82) is 0 Å². The Morgan fingerprint density at radius 2 is 2.00 bits per heavy atom. The van der Waals surface area contributed by atoms with Crippen molar-refractivity contribution in [2.45, 2.75) is 26.3 Å². The van der Waals surface area contributed by atoms with Crippen molar-refractivity contribution >= 4 is 5.91 Å². The topological polar surface area (TPSA) is 55.6 Å². The Morgan fingerprint density at radius 1 is 1.19 bits per heavy atom. The number of oxazole rings is 1. The van der Waals surface area contributed by atoms with Crippen LogP contribution in [0.1, 0.15) is 22.6 Å². The molecule has 138 valence electrons. The number of hydrogen-bond acceptors (Lipinski definition) is 4. The second-order valence-electron chi connectivity index (χ2n) is 6.76. The molecule has 2 aromatic carbocycles. The van der Waals surface area contributed by atoms with E-state index in [1.807, 2.05) is 42.2 Å². The fourth-order valence-electron chi connectivity index (χ4n) is 3.44. The third kappa shape index (κ3) is 3.58. The predicted molar refractivity (Wildman–Crippen MR) is 102 cm³/mol. The van der Waals surface area contributed by atoms with Crippen molar-refractivity contribution in [2.24, 2.45) is 0 Å². The van der Waals surface area contributed by atoms with Gasteiger partial charge in [0.25, 0.3) is 0 Å². The Bertz CT molecular complexity index is 977. The van der Waals surface area contributed by atoms with Crippen LogP contribution in [0, 0.1) is 6.92 Å². The third-order valence-electron chi connectivity index (χ3n) is 5.01. The molecule has 1 aliphatic rings. The zero-order valence-corrected chi connectivity index (χ0v) is 15.6. The SMILES string of the molecule is COc1cccc(-c2nc(CC(=O)N3CCc4ccccc4C3)c(C)o2)c1. The van der Waals surface area contributed by atoms with E-state index in [2.05, 4.69) is 23.2 Å². The highest BCUT2D eigenvalue weighted by atomic mass is 16.5. The van der Waals surface area contributed by atoms with Crippen LogP contribution in [0.4, 0.5) is 0 Å². The first-order valence-electron chi connectivity index (χ1n) is 9.09. The van der Waals surface area contributed by atoms with Gasteiger partial charge in [0.05, 0.1) is 19.2 Å². The molecule has 0 radical (unpaired) electrons. The number of carbonyl (C=O) groups excluding carboxylic acids is 1. The van der Waals surface area contributed by atoms with E-state index in [0.717, 1.165) is 24.3 Å². The molecule has 0 bridgehead atoms. The lowest BCUT2D eigenvalue weighted by Gasteiger charge is -2.28. The van der Waals surface area contributed by atoms with Gasteiger partial charge in [-0.1, -0.05) is 30.3 Å². The Kier molecular flexibility index (Phi) is 4.67. The van der Waals surface area contributed by atoms with Crippen molar-refractivity contribution in [1.82, 2.24) is 9.88 Å². The predicted octanol–water partition coefficient (Wildman–Crippen LogP) is 3.79. The number of hydrogen-bond donors (Lipinski definition) is 0. The molecule has 27 heavy (non-hydrogen) atoms. The fourth-order valence-corrected chi connectivity index (χ4v) is 3.44. The number of aryl methyl sites for hydroxylation is 1. The van der Waals surface area contributed by atoms with Crippen LogP contribution in [0.15, 0.2) is 52.9 Å². The number of aromatic nitrogens is 1. The lowest BCUT2D eigenvalue weighted by Crippen LogP contribution is -2.37. The van der Waals surface area contributed by atoms with Gasteiger partial charge in [-0.15, -0.1) is 0 Å². The average molecular weight is 362 g/mol. The van der Waals surface area contributed by atoms with Gasteiger partial charge in [0, 0.05) is 18.7 Å². The van der Waals surface area contributed by atoms with Gasteiger partial charge in [0.1, 0.15) is 11.5 Å². The molecule has 0 spiro atoms. The number of amides is 1. The van der Waals surface area contributed by atoms with E-state index in [1.54, 1.807) is 7.11 Å². The Labute approximate surface area is 158 Å². The van der Waals surface area contributed by atoms with E-state index in [9.17, 15) is 4.79 Å². The first-order valence-corrected chi connectivity index (χ1v) is 9.09. The summed E-state index contributed by atoms with van der Waals surface area (Å²) in [5, 5.41) is 0. The van der Waals surface area contributed by atoms with E-state index in [-0.39, 0.29) is 12.3 Å². The zero-order chi connectivity index (χ0) is 18.8. The summed E-state index contributed by atoms with van der Waals surface area (Å²) in [6, 6.07) is 15.9. The van der Waals surface area contributed by atoms with Gasteiger partial charge >= 0.3 is 0 Å². The monoisotopic (exact) mass is 362 g/mol. The molecule has 2 heterocycles. The third-order valence-corrected chi connectivity index (χ3v) is 5.01. The molecule has 1 aromatic heterocycles. The highest BCUT2D eigenvalue weighted by Crippen LogP contribution is 2.26.